The second kappa shape index (κ2) is 12.8. The lowest BCUT2D eigenvalue weighted by Gasteiger charge is -2.29. The van der Waals surface area contributed by atoms with Crippen LogP contribution in [0.1, 0.15) is 53.4 Å². The van der Waals surface area contributed by atoms with E-state index in [2.05, 4.69) is 27.7 Å². The molecule has 0 aromatic carbocycles. The second-order valence-electron chi connectivity index (χ2n) is 6.88. The van der Waals surface area contributed by atoms with Gasteiger partial charge in [0.05, 0.1) is 12.2 Å². The van der Waals surface area contributed by atoms with Gasteiger partial charge in [0.25, 0.3) is 0 Å². The highest BCUT2D eigenvalue weighted by Crippen LogP contribution is 2.19. The Morgan fingerprint density at radius 1 is 0.727 bits per heavy atom. The van der Waals surface area contributed by atoms with Gasteiger partial charge in [-0.25, -0.2) is 0 Å². The molecule has 2 aliphatic heterocycles. The molecule has 0 radical (unpaired) electrons. The summed E-state index contributed by atoms with van der Waals surface area (Å²) in [6.45, 7) is 10.4. The van der Waals surface area contributed by atoms with E-state index in [1.807, 2.05) is 0 Å². The largest absolute Gasteiger partial charge is 0.378 e. The number of nitrogens with two attached hydrogens (primary N) is 2. The van der Waals surface area contributed by atoms with Crippen LogP contribution >= 0.6 is 24.8 Å². The molecule has 0 aromatic heterocycles. The smallest absolute Gasteiger partial charge is 0.0612 e. The van der Waals surface area contributed by atoms with E-state index in [0.717, 1.165) is 38.9 Å². The van der Waals surface area contributed by atoms with Crippen LogP contribution in [0.3, 0.4) is 0 Å². The molecule has 4 N–H and O–H groups in total. The number of halogens is 2. The molecule has 4 atom stereocenters. The maximum atomic E-state index is 5.78. The number of ether oxygens (including phenoxy) is 2. The van der Waals surface area contributed by atoms with Crippen LogP contribution in [0.2, 0.25) is 0 Å². The lowest BCUT2D eigenvalue weighted by Crippen LogP contribution is -2.37. The van der Waals surface area contributed by atoms with Crippen molar-refractivity contribution in [2.75, 3.05) is 13.2 Å². The summed E-state index contributed by atoms with van der Waals surface area (Å²) < 4.78 is 11.1. The first kappa shape index (κ1) is 24.7. The molecular formula is C16H36Cl2N2O2. The molecule has 0 spiro atoms. The van der Waals surface area contributed by atoms with Crippen molar-refractivity contribution >= 4 is 24.8 Å². The fraction of sp³-hybridized carbons (Fsp3) is 1.00. The fourth-order valence-electron chi connectivity index (χ4n) is 2.64. The maximum absolute atomic E-state index is 5.78. The van der Waals surface area contributed by atoms with E-state index in [4.69, 9.17) is 20.9 Å². The van der Waals surface area contributed by atoms with E-state index in [-0.39, 0.29) is 24.8 Å². The molecule has 2 fully saturated rings. The van der Waals surface area contributed by atoms with Crippen LogP contribution in [0, 0.1) is 11.8 Å². The SMILES string of the molecule is CC(C)[C@@H]1C[C@@H](N)CCO1.CC(C)[C@H]1C[C@H](N)CCO1.Cl.Cl. The molecule has 0 aliphatic carbocycles. The van der Waals surface area contributed by atoms with Crippen molar-refractivity contribution in [3.05, 3.63) is 0 Å². The summed E-state index contributed by atoms with van der Waals surface area (Å²) in [5, 5.41) is 0. The predicted molar refractivity (Wildman–Crippen MR) is 98.1 cm³/mol. The second-order valence-corrected chi connectivity index (χ2v) is 6.88. The Bertz CT molecular complexity index is 243. The third kappa shape index (κ3) is 9.53. The van der Waals surface area contributed by atoms with Crippen molar-refractivity contribution in [3.63, 3.8) is 0 Å². The van der Waals surface area contributed by atoms with Gasteiger partial charge in [-0.2, -0.15) is 0 Å². The zero-order chi connectivity index (χ0) is 15.1. The molecule has 0 bridgehead atoms. The van der Waals surface area contributed by atoms with Gasteiger partial charge in [0.15, 0.2) is 0 Å². The summed E-state index contributed by atoms with van der Waals surface area (Å²) >= 11 is 0. The first-order valence-corrected chi connectivity index (χ1v) is 8.14. The van der Waals surface area contributed by atoms with Crippen molar-refractivity contribution in [1.82, 2.24) is 0 Å². The molecule has 0 aromatic rings. The minimum Gasteiger partial charge on any atom is -0.378 e. The van der Waals surface area contributed by atoms with Crippen LogP contribution in [-0.2, 0) is 9.47 Å². The Kier molecular flexibility index (Phi) is 14.3. The Labute approximate surface area is 148 Å². The van der Waals surface area contributed by atoms with Crippen LogP contribution in [0.5, 0.6) is 0 Å². The van der Waals surface area contributed by atoms with Crippen molar-refractivity contribution in [1.29, 1.82) is 0 Å². The van der Waals surface area contributed by atoms with Gasteiger partial charge in [0, 0.05) is 25.3 Å². The van der Waals surface area contributed by atoms with Gasteiger partial charge in [0.1, 0.15) is 0 Å². The minimum atomic E-state index is 0. The Morgan fingerprint density at radius 2 is 1.05 bits per heavy atom. The Balaban J connectivity index is 0. The number of hydrogen-bond donors (Lipinski definition) is 2. The maximum Gasteiger partial charge on any atom is 0.0612 e. The average molecular weight is 359 g/mol. The molecule has 2 saturated heterocycles. The lowest BCUT2D eigenvalue weighted by molar-refractivity contribution is -0.0189. The van der Waals surface area contributed by atoms with Gasteiger partial charge >= 0.3 is 0 Å². The molecule has 0 unspecified atom stereocenters. The molecule has 22 heavy (non-hydrogen) atoms. The van der Waals surface area contributed by atoms with E-state index in [1.165, 1.54) is 0 Å². The highest BCUT2D eigenvalue weighted by molar-refractivity contribution is 5.85. The Hall–Kier alpha value is 0.420. The van der Waals surface area contributed by atoms with Crippen LogP contribution in [0.25, 0.3) is 0 Å². The summed E-state index contributed by atoms with van der Waals surface area (Å²) in [6.07, 6.45) is 4.95. The van der Waals surface area contributed by atoms with Gasteiger partial charge < -0.3 is 20.9 Å². The number of rotatable bonds is 2. The molecule has 0 amide bonds. The molecule has 2 aliphatic rings. The molecule has 136 valence electrons. The topological polar surface area (TPSA) is 70.5 Å². The monoisotopic (exact) mass is 358 g/mol. The third-order valence-corrected chi connectivity index (χ3v) is 4.20. The highest BCUT2D eigenvalue weighted by atomic mass is 35.5. The molecule has 4 nitrogen and oxygen atoms in total. The minimum absolute atomic E-state index is 0. The Morgan fingerprint density at radius 3 is 1.23 bits per heavy atom. The molecule has 2 rings (SSSR count). The summed E-state index contributed by atoms with van der Waals surface area (Å²) in [4.78, 5) is 0. The van der Waals surface area contributed by atoms with Crippen molar-refractivity contribution in [2.45, 2.75) is 77.7 Å². The zero-order valence-corrected chi connectivity index (χ0v) is 16.1. The van der Waals surface area contributed by atoms with Crippen LogP contribution in [-0.4, -0.2) is 37.5 Å². The van der Waals surface area contributed by atoms with E-state index >= 15 is 0 Å². The van der Waals surface area contributed by atoms with Crippen LogP contribution < -0.4 is 11.5 Å². The first-order chi connectivity index (χ1) is 9.40. The van der Waals surface area contributed by atoms with Gasteiger partial charge in [0.2, 0.25) is 0 Å². The summed E-state index contributed by atoms with van der Waals surface area (Å²) in [6, 6.07) is 0.752. The average Bonchev–Trinajstić information content (AvgIpc) is 2.39. The summed E-state index contributed by atoms with van der Waals surface area (Å²) in [7, 11) is 0. The van der Waals surface area contributed by atoms with Crippen molar-refractivity contribution < 1.29 is 9.47 Å². The van der Waals surface area contributed by atoms with Crippen LogP contribution in [0.4, 0.5) is 0 Å². The van der Waals surface area contributed by atoms with Gasteiger partial charge in [-0.1, -0.05) is 27.7 Å². The summed E-state index contributed by atoms with van der Waals surface area (Å²) in [5.41, 5.74) is 11.6. The van der Waals surface area contributed by atoms with Gasteiger partial charge in [-0.05, 0) is 37.5 Å². The van der Waals surface area contributed by atoms with E-state index in [9.17, 15) is 0 Å². The van der Waals surface area contributed by atoms with Gasteiger partial charge in [-0.15, -0.1) is 24.8 Å². The van der Waals surface area contributed by atoms with Gasteiger partial charge in [-0.3, -0.25) is 0 Å². The molecule has 0 saturated carbocycles. The normalized spacial score (nSPS) is 31.6. The van der Waals surface area contributed by atoms with E-state index < -0.39 is 0 Å². The third-order valence-electron chi connectivity index (χ3n) is 4.20. The molecule has 6 heteroatoms. The lowest BCUT2D eigenvalue weighted by atomic mass is 9.96. The molecule has 2 heterocycles. The predicted octanol–water partition coefficient (Wildman–Crippen LogP) is 3.14. The number of hydrogen-bond acceptors (Lipinski definition) is 4. The van der Waals surface area contributed by atoms with Crippen molar-refractivity contribution in [2.24, 2.45) is 23.3 Å². The highest BCUT2D eigenvalue weighted by Gasteiger charge is 2.22. The van der Waals surface area contributed by atoms with Crippen LogP contribution in [0.15, 0.2) is 0 Å². The fourth-order valence-corrected chi connectivity index (χ4v) is 2.64. The molecular weight excluding hydrogens is 323 g/mol. The van der Waals surface area contributed by atoms with Crippen molar-refractivity contribution in [3.8, 4) is 0 Å². The van der Waals surface area contributed by atoms with E-state index in [0.29, 0.717) is 36.1 Å². The van der Waals surface area contributed by atoms with E-state index in [1.54, 1.807) is 0 Å². The summed E-state index contributed by atoms with van der Waals surface area (Å²) in [5.74, 6) is 1.23. The zero-order valence-electron chi connectivity index (χ0n) is 14.5. The first-order valence-electron chi connectivity index (χ1n) is 8.14. The standard InChI is InChI=1S/2C8H17NO.2ClH/c2*1-6(2)8-5-7(9)3-4-10-8;;/h2*6-8H,3-5,9H2,1-2H3;2*1H/t2*7-,8-;;/m10../s1. The quantitative estimate of drug-likeness (QED) is 0.795.